The smallest absolute Gasteiger partial charge is 0.118 e. The largest absolute Gasteiger partial charge is 0.497 e. The van der Waals surface area contributed by atoms with Crippen molar-refractivity contribution in [2.75, 3.05) is 13.7 Å². The zero-order chi connectivity index (χ0) is 12.3. The van der Waals surface area contributed by atoms with Gasteiger partial charge in [0.15, 0.2) is 0 Å². The van der Waals surface area contributed by atoms with E-state index in [9.17, 15) is 0 Å². The molecule has 0 radical (unpaired) electrons. The Bertz CT molecular complexity index is 359. The van der Waals surface area contributed by atoms with Gasteiger partial charge in [-0.15, -0.1) is 0 Å². The van der Waals surface area contributed by atoms with Gasteiger partial charge < -0.3 is 15.4 Å². The van der Waals surface area contributed by atoms with Gasteiger partial charge in [-0.1, -0.05) is 12.1 Å². The molecule has 1 atom stereocenters. The quantitative estimate of drug-likeness (QED) is 0.835. The van der Waals surface area contributed by atoms with Crippen LogP contribution in [0.3, 0.4) is 0 Å². The highest BCUT2D eigenvalue weighted by Gasteiger charge is 2.29. The summed E-state index contributed by atoms with van der Waals surface area (Å²) in [6.07, 6.45) is 1.18. The maximum absolute atomic E-state index is 5.14. The molecular formula is C14H22N2O. The van der Waals surface area contributed by atoms with E-state index in [0.717, 1.165) is 18.8 Å². The molecule has 1 aromatic rings. The average molecular weight is 234 g/mol. The Hall–Kier alpha value is -1.06. The summed E-state index contributed by atoms with van der Waals surface area (Å²) >= 11 is 0. The van der Waals surface area contributed by atoms with E-state index in [1.54, 1.807) is 7.11 Å². The molecule has 94 valence electrons. The Kier molecular flexibility index (Phi) is 3.69. The van der Waals surface area contributed by atoms with E-state index in [1.165, 1.54) is 12.0 Å². The molecule has 0 saturated carbocycles. The van der Waals surface area contributed by atoms with E-state index < -0.39 is 0 Å². The predicted molar refractivity (Wildman–Crippen MR) is 70.3 cm³/mol. The third-order valence-electron chi connectivity index (χ3n) is 3.34. The Morgan fingerprint density at radius 1 is 1.35 bits per heavy atom. The van der Waals surface area contributed by atoms with Gasteiger partial charge in [0, 0.05) is 24.7 Å². The molecule has 1 saturated heterocycles. The summed E-state index contributed by atoms with van der Waals surface area (Å²) in [5.74, 6) is 0.914. The molecule has 1 aromatic carbocycles. The number of hydrogen-bond donors (Lipinski definition) is 2. The Labute approximate surface area is 104 Å². The molecule has 2 rings (SSSR count). The summed E-state index contributed by atoms with van der Waals surface area (Å²) < 4.78 is 5.14. The van der Waals surface area contributed by atoms with E-state index in [0.29, 0.717) is 6.04 Å². The monoisotopic (exact) mass is 234 g/mol. The topological polar surface area (TPSA) is 33.3 Å². The number of rotatable bonds is 4. The summed E-state index contributed by atoms with van der Waals surface area (Å²) in [7, 11) is 1.69. The molecule has 0 aromatic heterocycles. The van der Waals surface area contributed by atoms with Crippen molar-refractivity contribution in [3.63, 3.8) is 0 Å². The van der Waals surface area contributed by atoms with Crippen molar-refractivity contribution in [3.05, 3.63) is 29.8 Å². The summed E-state index contributed by atoms with van der Waals surface area (Å²) in [5, 5.41) is 7.11. The first-order valence-corrected chi connectivity index (χ1v) is 6.20. The van der Waals surface area contributed by atoms with Gasteiger partial charge in [0.2, 0.25) is 0 Å². The second kappa shape index (κ2) is 5.07. The van der Waals surface area contributed by atoms with Crippen LogP contribution >= 0.6 is 0 Å². The molecule has 1 fully saturated rings. The van der Waals surface area contributed by atoms with Crippen LogP contribution in [0.2, 0.25) is 0 Å². The average Bonchev–Trinajstić information content (AvgIpc) is 2.67. The van der Waals surface area contributed by atoms with Gasteiger partial charge in [-0.2, -0.15) is 0 Å². The minimum Gasteiger partial charge on any atom is -0.497 e. The Balaban J connectivity index is 1.82. The van der Waals surface area contributed by atoms with Crippen LogP contribution in [0.25, 0.3) is 0 Å². The van der Waals surface area contributed by atoms with Crippen molar-refractivity contribution in [2.45, 2.75) is 38.4 Å². The van der Waals surface area contributed by atoms with Gasteiger partial charge in [0.05, 0.1) is 7.11 Å². The van der Waals surface area contributed by atoms with Crippen molar-refractivity contribution in [3.8, 4) is 5.75 Å². The maximum Gasteiger partial charge on any atom is 0.118 e. The van der Waals surface area contributed by atoms with Gasteiger partial charge in [0.25, 0.3) is 0 Å². The van der Waals surface area contributed by atoms with E-state index >= 15 is 0 Å². The minimum absolute atomic E-state index is 0.275. The first-order valence-electron chi connectivity index (χ1n) is 6.20. The fraction of sp³-hybridized carbons (Fsp3) is 0.571. The lowest BCUT2D eigenvalue weighted by atomic mass is 10.0. The maximum atomic E-state index is 5.14. The summed E-state index contributed by atoms with van der Waals surface area (Å²) in [6.45, 7) is 6.49. The zero-order valence-electron chi connectivity index (χ0n) is 10.9. The van der Waals surface area contributed by atoms with Crippen molar-refractivity contribution < 1.29 is 4.74 Å². The molecule has 1 heterocycles. The van der Waals surface area contributed by atoms with Crippen molar-refractivity contribution in [1.82, 2.24) is 10.6 Å². The van der Waals surface area contributed by atoms with Crippen LogP contribution in [0.1, 0.15) is 25.8 Å². The number of benzene rings is 1. The van der Waals surface area contributed by atoms with Crippen LogP contribution in [0.15, 0.2) is 24.3 Å². The minimum atomic E-state index is 0.275. The molecule has 1 aliphatic rings. The third kappa shape index (κ3) is 3.45. The first-order chi connectivity index (χ1) is 8.09. The zero-order valence-corrected chi connectivity index (χ0v) is 10.9. The molecule has 0 spiro atoms. The number of ether oxygens (including phenoxy) is 1. The fourth-order valence-corrected chi connectivity index (χ4v) is 2.31. The van der Waals surface area contributed by atoms with E-state index in [1.807, 2.05) is 12.1 Å². The van der Waals surface area contributed by atoms with Crippen molar-refractivity contribution >= 4 is 0 Å². The van der Waals surface area contributed by atoms with Gasteiger partial charge in [-0.3, -0.25) is 0 Å². The van der Waals surface area contributed by atoms with Crippen molar-refractivity contribution in [2.24, 2.45) is 0 Å². The lowest BCUT2D eigenvalue weighted by Gasteiger charge is -2.17. The highest BCUT2D eigenvalue weighted by Crippen LogP contribution is 2.18. The summed E-state index contributed by atoms with van der Waals surface area (Å²) in [6, 6.07) is 8.81. The van der Waals surface area contributed by atoms with Gasteiger partial charge in [-0.25, -0.2) is 0 Å². The van der Waals surface area contributed by atoms with E-state index in [-0.39, 0.29) is 5.54 Å². The molecule has 1 unspecified atom stereocenters. The highest BCUT2D eigenvalue weighted by molar-refractivity contribution is 5.27. The number of hydrogen-bond acceptors (Lipinski definition) is 3. The van der Waals surface area contributed by atoms with E-state index in [4.69, 9.17) is 4.74 Å². The molecule has 0 amide bonds. The normalized spacial score (nSPS) is 22.6. The lowest BCUT2D eigenvalue weighted by molar-refractivity contribution is 0.414. The van der Waals surface area contributed by atoms with Crippen LogP contribution < -0.4 is 15.4 Å². The molecule has 2 N–H and O–H groups in total. The van der Waals surface area contributed by atoms with E-state index in [2.05, 4.69) is 36.6 Å². The molecule has 3 heteroatoms. The SMILES string of the molecule is COc1ccc(CNC2CNC(C)(C)C2)cc1. The second-order valence-corrected chi connectivity index (χ2v) is 5.39. The molecular weight excluding hydrogens is 212 g/mol. The predicted octanol–water partition coefficient (Wildman–Crippen LogP) is 1.93. The lowest BCUT2D eigenvalue weighted by Crippen LogP contribution is -2.31. The van der Waals surface area contributed by atoms with Crippen molar-refractivity contribution in [1.29, 1.82) is 0 Å². The molecule has 3 nitrogen and oxygen atoms in total. The summed E-state index contributed by atoms with van der Waals surface area (Å²) in [4.78, 5) is 0. The molecule has 17 heavy (non-hydrogen) atoms. The highest BCUT2D eigenvalue weighted by atomic mass is 16.5. The molecule has 1 aliphatic heterocycles. The van der Waals surface area contributed by atoms with Gasteiger partial charge in [-0.05, 0) is 38.0 Å². The second-order valence-electron chi connectivity index (χ2n) is 5.39. The first kappa shape index (κ1) is 12.4. The van der Waals surface area contributed by atoms with Gasteiger partial charge >= 0.3 is 0 Å². The van der Waals surface area contributed by atoms with Gasteiger partial charge in [0.1, 0.15) is 5.75 Å². The summed E-state index contributed by atoms with van der Waals surface area (Å²) in [5.41, 5.74) is 1.58. The van der Waals surface area contributed by atoms with Crippen LogP contribution in [0, 0.1) is 0 Å². The van der Waals surface area contributed by atoms with Crippen LogP contribution in [-0.2, 0) is 6.54 Å². The van der Waals surface area contributed by atoms with Crippen LogP contribution in [-0.4, -0.2) is 25.2 Å². The fourth-order valence-electron chi connectivity index (χ4n) is 2.31. The molecule has 0 bridgehead atoms. The van der Waals surface area contributed by atoms with Crippen LogP contribution in [0.5, 0.6) is 5.75 Å². The Morgan fingerprint density at radius 2 is 2.06 bits per heavy atom. The molecule has 0 aliphatic carbocycles. The number of methoxy groups -OCH3 is 1. The van der Waals surface area contributed by atoms with Crippen LogP contribution in [0.4, 0.5) is 0 Å². The Morgan fingerprint density at radius 3 is 2.59 bits per heavy atom. The third-order valence-corrected chi connectivity index (χ3v) is 3.34. The standard InChI is InChI=1S/C14H22N2O/c1-14(2)8-12(10-16-14)15-9-11-4-6-13(17-3)7-5-11/h4-7,12,15-16H,8-10H2,1-3H3. The number of nitrogens with one attached hydrogen (secondary N) is 2.